The van der Waals surface area contributed by atoms with Crippen LogP contribution < -0.4 is 0 Å². The summed E-state index contributed by atoms with van der Waals surface area (Å²) < 4.78 is 0. The van der Waals surface area contributed by atoms with E-state index in [4.69, 9.17) is 5.41 Å². The quantitative estimate of drug-likeness (QED) is 0.449. The summed E-state index contributed by atoms with van der Waals surface area (Å²) in [7, 11) is 0. The smallest absolute Gasteiger partial charge is 0.150 e. The third-order valence-corrected chi connectivity index (χ3v) is 2.91. The molecule has 19 heavy (non-hydrogen) atoms. The molecule has 0 atom stereocenters. The van der Waals surface area contributed by atoms with Crippen LogP contribution in [0.25, 0.3) is 5.57 Å². The lowest BCUT2D eigenvalue weighted by atomic mass is 9.96. The van der Waals surface area contributed by atoms with Gasteiger partial charge in [0.05, 0.1) is 5.56 Å². The highest BCUT2D eigenvalue weighted by Gasteiger charge is 2.15. The summed E-state index contributed by atoms with van der Waals surface area (Å²) in [6.07, 6.45) is 5.13. The highest BCUT2D eigenvalue weighted by Crippen LogP contribution is 2.19. The van der Waals surface area contributed by atoms with Crippen molar-refractivity contribution in [2.75, 3.05) is 0 Å². The molecule has 2 aromatic rings. The predicted molar refractivity (Wildman–Crippen MR) is 81.3 cm³/mol. The van der Waals surface area contributed by atoms with Gasteiger partial charge in [-0.05, 0) is 36.8 Å². The molecule has 1 heteroatoms. The summed E-state index contributed by atoms with van der Waals surface area (Å²) in [5.41, 5.74) is 3.62. The van der Waals surface area contributed by atoms with Crippen molar-refractivity contribution in [3.05, 3.63) is 77.9 Å². The monoisotopic (exact) mass is 248 g/mol. The lowest BCUT2D eigenvalue weighted by molar-refractivity contribution is 0.991. The van der Waals surface area contributed by atoms with Gasteiger partial charge in [-0.2, -0.15) is 0 Å². The van der Waals surface area contributed by atoms with Crippen molar-refractivity contribution >= 4 is 11.3 Å². The Morgan fingerprint density at radius 2 is 1.53 bits per heavy atom. The fourth-order valence-corrected chi connectivity index (χ4v) is 1.97. The van der Waals surface area contributed by atoms with Crippen molar-refractivity contribution in [1.82, 2.24) is 0 Å². The Kier molecular flexibility index (Phi) is 4.60. The first-order valence-corrected chi connectivity index (χ1v) is 6.63. The minimum absolute atomic E-state index is 0.651. The molecule has 0 aliphatic carbocycles. The maximum Gasteiger partial charge on any atom is 0.150 e. The maximum atomic E-state index is 8.23. The van der Waals surface area contributed by atoms with E-state index >= 15 is 0 Å². The topological polar surface area (TPSA) is 23.9 Å². The van der Waals surface area contributed by atoms with Crippen molar-refractivity contribution < 1.29 is 0 Å². The molecule has 2 aromatic carbocycles. The van der Waals surface area contributed by atoms with Crippen LogP contribution in [-0.2, 0) is 0 Å². The van der Waals surface area contributed by atoms with E-state index in [0.717, 1.165) is 29.5 Å². The highest BCUT2D eigenvalue weighted by molar-refractivity contribution is 6.21. The number of hydrogen-bond acceptors (Lipinski definition) is 1. The van der Waals surface area contributed by atoms with Crippen LogP contribution in [0.15, 0.2) is 60.7 Å². The van der Waals surface area contributed by atoms with E-state index < -0.39 is 0 Å². The molecule has 0 bridgehead atoms. The van der Waals surface area contributed by atoms with Gasteiger partial charge in [0.1, 0.15) is 11.3 Å². The number of nitrogens with one attached hydrogen (secondary N) is 1. The summed E-state index contributed by atoms with van der Waals surface area (Å²) >= 11 is 0. The van der Waals surface area contributed by atoms with Crippen LogP contribution in [0.4, 0.5) is 0 Å². The van der Waals surface area contributed by atoms with E-state index in [1.54, 1.807) is 0 Å². The van der Waals surface area contributed by atoms with Crippen molar-refractivity contribution in [2.45, 2.75) is 19.8 Å². The molecule has 0 spiro atoms. The number of rotatable bonds is 5. The third kappa shape index (κ3) is 3.61. The molecule has 0 saturated carbocycles. The Bertz CT molecular complexity index is 553. The van der Waals surface area contributed by atoms with E-state index in [1.165, 1.54) is 0 Å². The zero-order valence-electron chi connectivity index (χ0n) is 11.2. The molecule has 0 radical (unpaired) electrons. The lowest BCUT2D eigenvalue weighted by Gasteiger charge is -2.02. The number of benzene rings is 2. The molecule has 0 amide bonds. The molecule has 0 aliphatic heterocycles. The molecule has 2 rings (SSSR count). The van der Waals surface area contributed by atoms with Gasteiger partial charge in [0.25, 0.3) is 0 Å². The summed E-state index contributed by atoms with van der Waals surface area (Å²) in [5.74, 6) is 0. The van der Waals surface area contributed by atoms with Gasteiger partial charge < -0.3 is 0 Å². The van der Waals surface area contributed by atoms with Gasteiger partial charge in [0, 0.05) is 24.6 Å². The standard InChI is InChI=1S/C18H18N/c1-2-9-18(19)17(16-12-7-4-8-13-16)14-15-10-5-3-6-11-15/h3-8,10-13,19H,2,9H2,1H3/q+1. The minimum atomic E-state index is 0.651. The second-order valence-electron chi connectivity index (χ2n) is 4.46. The first-order valence-electron chi connectivity index (χ1n) is 6.63. The highest BCUT2D eigenvalue weighted by atomic mass is 14.4. The first kappa shape index (κ1) is 13.2. The Balaban J connectivity index is 2.41. The largest absolute Gasteiger partial charge is 0.265 e. The van der Waals surface area contributed by atoms with Gasteiger partial charge in [-0.1, -0.05) is 25.1 Å². The van der Waals surface area contributed by atoms with Gasteiger partial charge in [-0.15, -0.1) is 0 Å². The summed E-state index contributed by atoms with van der Waals surface area (Å²) in [4.78, 5) is 0. The summed E-state index contributed by atoms with van der Waals surface area (Å²) in [5, 5.41) is 8.23. The van der Waals surface area contributed by atoms with E-state index in [1.807, 2.05) is 60.7 Å². The molecular formula is C18H18N+. The van der Waals surface area contributed by atoms with Crippen molar-refractivity contribution in [3.8, 4) is 0 Å². The van der Waals surface area contributed by atoms with Gasteiger partial charge in [-0.25, -0.2) is 0 Å². The average Bonchev–Trinajstić information content (AvgIpc) is 2.47. The molecule has 0 saturated heterocycles. The zero-order valence-corrected chi connectivity index (χ0v) is 11.2. The second-order valence-corrected chi connectivity index (χ2v) is 4.46. The second kappa shape index (κ2) is 6.63. The molecule has 0 aliphatic rings. The van der Waals surface area contributed by atoms with E-state index in [0.29, 0.717) is 5.71 Å². The Hall–Kier alpha value is -2.24. The molecule has 0 heterocycles. The number of allylic oxidation sites excluding steroid dienone is 1. The van der Waals surface area contributed by atoms with Crippen LogP contribution >= 0.6 is 0 Å². The van der Waals surface area contributed by atoms with Crippen LogP contribution in [0.5, 0.6) is 0 Å². The molecular weight excluding hydrogens is 230 g/mol. The molecule has 1 nitrogen and oxygen atoms in total. The zero-order chi connectivity index (χ0) is 13.5. The van der Waals surface area contributed by atoms with Gasteiger partial charge in [0.2, 0.25) is 0 Å². The van der Waals surface area contributed by atoms with Gasteiger partial charge in [0.15, 0.2) is 5.57 Å². The van der Waals surface area contributed by atoms with E-state index in [2.05, 4.69) is 13.0 Å². The average molecular weight is 248 g/mol. The molecule has 94 valence electrons. The SMILES string of the molecule is CCCC(=N)C(=[C+]c1ccccc1)c1ccccc1. The minimum Gasteiger partial charge on any atom is -0.265 e. The van der Waals surface area contributed by atoms with Crippen LogP contribution in [-0.4, -0.2) is 5.71 Å². The fraction of sp³-hybridized carbons (Fsp3) is 0.167. The van der Waals surface area contributed by atoms with Crippen LogP contribution in [0.2, 0.25) is 0 Å². The molecule has 1 N–H and O–H groups in total. The Morgan fingerprint density at radius 1 is 0.947 bits per heavy atom. The van der Waals surface area contributed by atoms with Crippen molar-refractivity contribution in [1.29, 1.82) is 5.41 Å². The normalized spacial score (nSPS) is 10.9. The first-order chi connectivity index (χ1) is 9.31. The number of hydrogen-bond donors (Lipinski definition) is 1. The third-order valence-electron chi connectivity index (χ3n) is 2.91. The summed E-state index contributed by atoms with van der Waals surface area (Å²) in [6.45, 7) is 2.10. The van der Waals surface area contributed by atoms with Crippen LogP contribution in [0.3, 0.4) is 0 Å². The Morgan fingerprint density at radius 3 is 2.11 bits per heavy atom. The maximum absolute atomic E-state index is 8.23. The van der Waals surface area contributed by atoms with E-state index in [9.17, 15) is 0 Å². The molecule has 0 unspecified atom stereocenters. The van der Waals surface area contributed by atoms with Crippen LogP contribution in [0, 0.1) is 11.5 Å². The molecule has 0 fully saturated rings. The van der Waals surface area contributed by atoms with Crippen molar-refractivity contribution in [2.24, 2.45) is 0 Å². The van der Waals surface area contributed by atoms with E-state index in [-0.39, 0.29) is 0 Å². The predicted octanol–water partition coefficient (Wildman–Crippen LogP) is 4.74. The fourth-order valence-electron chi connectivity index (χ4n) is 1.97. The van der Waals surface area contributed by atoms with Crippen LogP contribution in [0.1, 0.15) is 30.9 Å². The Labute approximate surface area is 115 Å². The molecule has 0 aromatic heterocycles. The van der Waals surface area contributed by atoms with Gasteiger partial charge in [-0.3, -0.25) is 5.41 Å². The van der Waals surface area contributed by atoms with Crippen molar-refractivity contribution in [3.63, 3.8) is 0 Å². The van der Waals surface area contributed by atoms with Gasteiger partial charge >= 0.3 is 0 Å². The lowest BCUT2D eigenvalue weighted by Crippen LogP contribution is -2.01. The summed E-state index contributed by atoms with van der Waals surface area (Å²) in [6, 6.07) is 20.1.